The summed E-state index contributed by atoms with van der Waals surface area (Å²) in [6.45, 7) is 8.36. The molecule has 8 nitrogen and oxygen atoms in total. The third kappa shape index (κ3) is 4.45. The molecule has 0 spiro atoms. The summed E-state index contributed by atoms with van der Waals surface area (Å²) in [7, 11) is 0. The molecule has 0 amide bonds. The number of hydrogen-bond donors (Lipinski definition) is 3. The first kappa shape index (κ1) is 26.4. The Bertz CT molecular complexity index is 1050. The normalized spacial score (nSPS) is 36.2. The SMILES string of the molecule is C=C1CC[C@@H]2[C@](C)(CO)[C@H](O)CC[C@@]2(C)[C@@H]1CCC1C(=O)OC[C@H]1OC(=O)c1ccccc1C(=O)O. The average molecular weight is 501 g/mol. The summed E-state index contributed by atoms with van der Waals surface area (Å²) in [5.41, 5.74) is 0.117. The lowest BCUT2D eigenvalue weighted by molar-refractivity contribution is -0.153. The van der Waals surface area contributed by atoms with Crippen molar-refractivity contribution in [3.05, 3.63) is 47.5 Å². The van der Waals surface area contributed by atoms with Crippen LogP contribution in [0.3, 0.4) is 0 Å². The third-order valence-electron chi connectivity index (χ3n) is 9.24. The van der Waals surface area contributed by atoms with Gasteiger partial charge in [0.2, 0.25) is 0 Å². The summed E-state index contributed by atoms with van der Waals surface area (Å²) >= 11 is 0. The van der Waals surface area contributed by atoms with Gasteiger partial charge in [0, 0.05) is 5.41 Å². The summed E-state index contributed by atoms with van der Waals surface area (Å²) in [5.74, 6) is -2.90. The number of carbonyl (C=O) groups excluding carboxylic acids is 2. The molecule has 1 saturated heterocycles. The number of cyclic esters (lactones) is 1. The molecular weight excluding hydrogens is 464 g/mol. The Morgan fingerprint density at radius 2 is 1.86 bits per heavy atom. The second-order valence-electron chi connectivity index (χ2n) is 11.1. The molecule has 1 aromatic carbocycles. The first-order chi connectivity index (χ1) is 17.0. The minimum absolute atomic E-state index is 0.0647. The molecule has 3 N–H and O–H groups in total. The maximum Gasteiger partial charge on any atom is 0.339 e. The number of allylic oxidation sites excluding steroid dienone is 1. The van der Waals surface area contributed by atoms with Crippen LogP contribution in [-0.4, -0.2) is 58.6 Å². The van der Waals surface area contributed by atoms with Crippen molar-refractivity contribution in [1.82, 2.24) is 0 Å². The van der Waals surface area contributed by atoms with Gasteiger partial charge < -0.3 is 24.8 Å². The van der Waals surface area contributed by atoms with Crippen LogP contribution in [0.25, 0.3) is 0 Å². The molecule has 3 aliphatic rings. The predicted molar refractivity (Wildman–Crippen MR) is 130 cm³/mol. The number of carboxylic acid groups (broad SMARTS) is 1. The number of hydrogen-bond acceptors (Lipinski definition) is 7. The molecule has 1 unspecified atom stereocenters. The van der Waals surface area contributed by atoms with E-state index in [2.05, 4.69) is 13.5 Å². The number of ether oxygens (including phenoxy) is 2. The molecule has 7 atom stereocenters. The number of aromatic carboxylic acids is 1. The van der Waals surface area contributed by atoms with Gasteiger partial charge in [-0.05, 0) is 67.9 Å². The number of carbonyl (C=O) groups is 3. The largest absolute Gasteiger partial charge is 0.478 e. The summed E-state index contributed by atoms with van der Waals surface area (Å²) in [4.78, 5) is 36.9. The van der Waals surface area contributed by atoms with Crippen molar-refractivity contribution >= 4 is 17.9 Å². The van der Waals surface area contributed by atoms with Gasteiger partial charge in [-0.25, -0.2) is 9.59 Å². The Morgan fingerprint density at radius 1 is 1.17 bits per heavy atom. The third-order valence-corrected chi connectivity index (χ3v) is 9.24. The Kier molecular flexibility index (Phi) is 7.30. The second kappa shape index (κ2) is 9.98. The van der Waals surface area contributed by atoms with Crippen LogP contribution < -0.4 is 0 Å². The zero-order valence-electron chi connectivity index (χ0n) is 20.9. The molecule has 8 heteroatoms. The summed E-state index contributed by atoms with van der Waals surface area (Å²) in [5, 5.41) is 30.3. The first-order valence-electron chi connectivity index (χ1n) is 12.7. The lowest BCUT2D eigenvalue weighted by Gasteiger charge is -2.60. The molecule has 196 valence electrons. The maximum atomic E-state index is 12.8. The fourth-order valence-corrected chi connectivity index (χ4v) is 7.09. The maximum absolute atomic E-state index is 12.8. The lowest BCUT2D eigenvalue weighted by Crippen LogP contribution is -2.57. The van der Waals surface area contributed by atoms with E-state index in [0.29, 0.717) is 19.3 Å². The van der Waals surface area contributed by atoms with Gasteiger partial charge in [0.15, 0.2) is 0 Å². The van der Waals surface area contributed by atoms with E-state index in [4.69, 9.17) is 9.47 Å². The summed E-state index contributed by atoms with van der Waals surface area (Å²) in [6.07, 6.45) is 2.77. The van der Waals surface area contributed by atoms with E-state index < -0.39 is 41.4 Å². The van der Waals surface area contributed by atoms with E-state index in [1.54, 1.807) is 6.07 Å². The lowest BCUT2D eigenvalue weighted by atomic mass is 9.46. The van der Waals surface area contributed by atoms with Crippen LogP contribution in [0, 0.1) is 28.6 Å². The Morgan fingerprint density at radius 3 is 2.53 bits per heavy atom. The summed E-state index contributed by atoms with van der Waals surface area (Å²) < 4.78 is 10.8. The van der Waals surface area contributed by atoms with E-state index in [1.807, 2.05) is 6.92 Å². The van der Waals surface area contributed by atoms with Crippen LogP contribution in [-0.2, 0) is 14.3 Å². The first-order valence-corrected chi connectivity index (χ1v) is 12.7. The van der Waals surface area contributed by atoms with E-state index in [1.165, 1.54) is 18.2 Å². The van der Waals surface area contributed by atoms with Crippen LogP contribution >= 0.6 is 0 Å². The highest BCUT2D eigenvalue weighted by atomic mass is 16.6. The van der Waals surface area contributed by atoms with Crippen LogP contribution in [0.4, 0.5) is 0 Å². The predicted octanol–water partition coefficient (Wildman–Crippen LogP) is 3.61. The molecule has 0 bridgehead atoms. The van der Waals surface area contributed by atoms with E-state index in [-0.39, 0.29) is 41.6 Å². The molecule has 36 heavy (non-hydrogen) atoms. The van der Waals surface area contributed by atoms with E-state index >= 15 is 0 Å². The zero-order valence-corrected chi connectivity index (χ0v) is 20.9. The molecule has 1 heterocycles. The fourth-order valence-electron chi connectivity index (χ4n) is 7.09. The van der Waals surface area contributed by atoms with Crippen LogP contribution in [0.15, 0.2) is 36.4 Å². The standard InChI is InChI=1S/C28H36O8/c1-16-8-11-22-27(2,13-12-23(30)28(22,3)15-29)20(16)10-9-19-21(14-35-25(19)33)36-26(34)18-7-5-4-6-17(18)24(31)32/h4-7,19-23,29-30H,1,8-15H2,2-3H3,(H,31,32)/t19?,20-,21-,22+,23-,27+,28+/m1/s1. The minimum atomic E-state index is -1.23. The fraction of sp³-hybridized carbons (Fsp3) is 0.607. The van der Waals surface area contributed by atoms with Crippen molar-refractivity contribution < 1.29 is 39.2 Å². The van der Waals surface area contributed by atoms with Crippen LogP contribution in [0.2, 0.25) is 0 Å². The number of carboxylic acids is 1. The van der Waals surface area contributed by atoms with E-state index in [9.17, 15) is 29.7 Å². The molecule has 0 aromatic heterocycles. The van der Waals surface area contributed by atoms with Crippen molar-refractivity contribution in [2.24, 2.45) is 28.6 Å². The minimum Gasteiger partial charge on any atom is -0.478 e. The van der Waals surface area contributed by atoms with Crippen molar-refractivity contribution in [2.45, 2.75) is 64.6 Å². The van der Waals surface area contributed by atoms with Gasteiger partial charge in [-0.15, -0.1) is 0 Å². The number of benzene rings is 1. The molecule has 4 rings (SSSR count). The zero-order chi connectivity index (χ0) is 26.3. The molecular formula is C28H36O8. The number of aliphatic hydroxyl groups excluding tert-OH is 2. The van der Waals surface area contributed by atoms with Gasteiger partial charge in [-0.2, -0.15) is 0 Å². The van der Waals surface area contributed by atoms with Crippen molar-refractivity contribution in [3.8, 4) is 0 Å². The topological polar surface area (TPSA) is 130 Å². The van der Waals surface area contributed by atoms with Gasteiger partial charge in [0.1, 0.15) is 12.7 Å². The number of aliphatic hydroxyl groups is 2. The van der Waals surface area contributed by atoms with Crippen LogP contribution in [0.5, 0.6) is 0 Å². The van der Waals surface area contributed by atoms with Gasteiger partial charge in [0.25, 0.3) is 0 Å². The Balaban J connectivity index is 1.49. The van der Waals surface area contributed by atoms with Crippen molar-refractivity contribution in [3.63, 3.8) is 0 Å². The quantitative estimate of drug-likeness (QED) is 0.382. The van der Waals surface area contributed by atoms with Gasteiger partial charge in [-0.1, -0.05) is 38.1 Å². The van der Waals surface area contributed by atoms with E-state index in [0.717, 1.165) is 24.8 Å². The number of esters is 2. The molecule has 3 fully saturated rings. The molecule has 2 aliphatic carbocycles. The molecule has 2 saturated carbocycles. The van der Waals surface area contributed by atoms with Crippen molar-refractivity contribution in [2.75, 3.05) is 13.2 Å². The average Bonchev–Trinajstić information content (AvgIpc) is 3.19. The molecule has 1 aromatic rings. The molecule has 0 radical (unpaired) electrons. The number of fused-ring (bicyclic) bond motifs is 1. The smallest absolute Gasteiger partial charge is 0.339 e. The van der Waals surface area contributed by atoms with Gasteiger partial charge in [0.05, 0.1) is 29.8 Å². The summed E-state index contributed by atoms with van der Waals surface area (Å²) in [6, 6.07) is 5.81. The number of rotatable bonds is 7. The van der Waals surface area contributed by atoms with Gasteiger partial charge in [-0.3, -0.25) is 4.79 Å². The highest BCUT2D eigenvalue weighted by molar-refractivity contribution is 6.02. The highest BCUT2D eigenvalue weighted by Gasteiger charge is 2.57. The second-order valence-corrected chi connectivity index (χ2v) is 11.1. The monoisotopic (exact) mass is 500 g/mol. The van der Waals surface area contributed by atoms with Crippen LogP contribution in [0.1, 0.15) is 73.1 Å². The Hall–Kier alpha value is -2.71. The molecule has 1 aliphatic heterocycles. The Labute approximate surface area is 211 Å². The van der Waals surface area contributed by atoms with Gasteiger partial charge >= 0.3 is 17.9 Å². The highest BCUT2D eigenvalue weighted by Crippen LogP contribution is 2.62. The van der Waals surface area contributed by atoms with Crippen molar-refractivity contribution in [1.29, 1.82) is 0 Å².